The van der Waals surface area contributed by atoms with Crippen LogP contribution in [-0.2, 0) is 14.1 Å². The number of nitrogens with one attached hydrogen (secondary N) is 1. The smallest absolute Gasteiger partial charge is 0.346 e. The minimum absolute atomic E-state index is 0.137. The van der Waals surface area contributed by atoms with Gasteiger partial charge in [-0.1, -0.05) is 6.92 Å². The molecule has 6 nitrogen and oxygen atoms in total. The van der Waals surface area contributed by atoms with Crippen LogP contribution in [0.4, 0.5) is 5.82 Å². The van der Waals surface area contributed by atoms with Crippen molar-refractivity contribution in [2.75, 3.05) is 16.8 Å². The second kappa shape index (κ2) is 5.90. The van der Waals surface area contributed by atoms with Crippen molar-refractivity contribution < 1.29 is 0 Å². The lowest BCUT2D eigenvalue weighted by molar-refractivity contribution is 0.602. The first-order valence-corrected chi connectivity index (χ1v) is 6.61. The van der Waals surface area contributed by atoms with Gasteiger partial charge in [-0.2, -0.15) is 11.8 Å². The van der Waals surface area contributed by atoms with Crippen LogP contribution in [0.3, 0.4) is 0 Å². The third-order valence-electron chi connectivity index (χ3n) is 2.28. The molecule has 0 aliphatic heterocycles. The number of aromatic nitrogens is 3. The summed E-state index contributed by atoms with van der Waals surface area (Å²) in [5.74, 6) is 2.15. The second-order valence-corrected chi connectivity index (χ2v) is 5.14. The Morgan fingerprint density at radius 1 is 1.41 bits per heavy atom. The van der Waals surface area contributed by atoms with Gasteiger partial charge in [0.1, 0.15) is 0 Å². The zero-order valence-corrected chi connectivity index (χ0v) is 11.4. The van der Waals surface area contributed by atoms with Crippen LogP contribution in [0.1, 0.15) is 13.8 Å². The Bertz CT molecular complexity index is 494. The third-order valence-corrected chi connectivity index (χ3v) is 3.42. The molecule has 1 N–H and O–H groups in total. The Hall–Kier alpha value is -1.24. The van der Waals surface area contributed by atoms with E-state index >= 15 is 0 Å². The molecule has 0 radical (unpaired) electrons. The number of anilines is 1. The van der Waals surface area contributed by atoms with Crippen LogP contribution in [-0.4, -0.2) is 31.9 Å². The molecule has 96 valence electrons. The molecule has 0 fully saturated rings. The predicted octanol–water partition coefficient (Wildman–Crippen LogP) is 0.0325. The van der Waals surface area contributed by atoms with Crippen molar-refractivity contribution in [3.63, 3.8) is 0 Å². The van der Waals surface area contributed by atoms with Gasteiger partial charge in [-0.05, 0) is 12.7 Å². The summed E-state index contributed by atoms with van der Waals surface area (Å²) in [5.41, 5.74) is -0.808. The van der Waals surface area contributed by atoms with Crippen LogP contribution in [0.15, 0.2) is 9.59 Å². The zero-order valence-electron chi connectivity index (χ0n) is 10.6. The van der Waals surface area contributed by atoms with Gasteiger partial charge in [-0.25, -0.2) is 9.48 Å². The van der Waals surface area contributed by atoms with Crippen molar-refractivity contribution in [1.82, 2.24) is 14.3 Å². The Kier molecular flexibility index (Phi) is 4.80. The monoisotopic (exact) mass is 258 g/mol. The molecule has 0 saturated heterocycles. The van der Waals surface area contributed by atoms with Crippen molar-refractivity contribution in [1.29, 1.82) is 0 Å². The maximum absolute atomic E-state index is 11.8. The molecule has 1 rings (SSSR count). The number of rotatable bonds is 5. The van der Waals surface area contributed by atoms with Crippen molar-refractivity contribution in [2.45, 2.75) is 19.9 Å². The molecule has 0 saturated carbocycles. The van der Waals surface area contributed by atoms with Crippen LogP contribution in [0.2, 0.25) is 0 Å². The summed E-state index contributed by atoms with van der Waals surface area (Å²) >= 11 is 1.79. The minimum Gasteiger partial charge on any atom is -0.361 e. The molecular weight excluding hydrogens is 240 g/mol. The fourth-order valence-corrected chi connectivity index (χ4v) is 2.03. The van der Waals surface area contributed by atoms with Crippen molar-refractivity contribution in [2.24, 2.45) is 14.1 Å². The van der Waals surface area contributed by atoms with Crippen molar-refractivity contribution in [3.05, 3.63) is 20.8 Å². The van der Waals surface area contributed by atoms with E-state index in [0.29, 0.717) is 0 Å². The summed E-state index contributed by atoms with van der Waals surface area (Å²) in [6.45, 7) is 4.07. The number of thioether (sulfide) groups is 1. The quantitative estimate of drug-likeness (QED) is 0.807. The number of nitrogens with zero attached hydrogens (tertiary/aromatic N) is 3. The van der Waals surface area contributed by atoms with E-state index in [1.165, 1.54) is 14.1 Å². The fourth-order valence-electron chi connectivity index (χ4n) is 1.36. The highest BCUT2D eigenvalue weighted by molar-refractivity contribution is 7.99. The predicted molar refractivity (Wildman–Crippen MR) is 70.8 cm³/mol. The van der Waals surface area contributed by atoms with E-state index in [4.69, 9.17) is 0 Å². The highest BCUT2D eigenvalue weighted by atomic mass is 32.2. The Labute approximate surface area is 104 Å². The average molecular weight is 258 g/mol. The maximum atomic E-state index is 11.8. The lowest BCUT2D eigenvalue weighted by Crippen LogP contribution is -2.41. The normalized spacial score (nSPS) is 12.5. The van der Waals surface area contributed by atoms with Gasteiger partial charge in [0.15, 0.2) is 0 Å². The molecule has 1 atom stereocenters. The second-order valence-electron chi connectivity index (χ2n) is 3.82. The van der Waals surface area contributed by atoms with Crippen LogP contribution in [0.5, 0.6) is 0 Å². The van der Waals surface area contributed by atoms with Gasteiger partial charge in [-0.15, -0.1) is 5.10 Å². The fraction of sp³-hybridized carbons (Fsp3) is 0.700. The molecule has 1 aromatic rings. The summed E-state index contributed by atoms with van der Waals surface area (Å²) in [5, 5.41) is 6.96. The summed E-state index contributed by atoms with van der Waals surface area (Å²) in [7, 11) is 2.97. The largest absolute Gasteiger partial charge is 0.361 e. The summed E-state index contributed by atoms with van der Waals surface area (Å²) in [6.07, 6.45) is 0. The van der Waals surface area contributed by atoms with Crippen LogP contribution in [0.25, 0.3) is 0 Å². The van der Waals surface area contributed by atoms with Gasteiger partial charge in [0.05, 0.1) is 0 Å². The molecule has 0 bridgehead atoms. The van der Waals surface area contributed by atoms with Gasteiger partial charge in [0, 0.05) is 25.9 Å². The lowest BCUT2D eigenvalue weighted by atomic mass is 10.4. The molecule has 0 aliphatic carbocycles. The molecule has 0 aromatic carbocycles. The molecule has 0 spiro atoms. The van der Waals surface area contributed by atoms with E-state index < -0.39 is 5.69 Å². The van der Waals surface area contributed by atoms with E-state index in [0.717, 1.165) is 20.8 Å². The maximum Gasteiger partial charge on any atom is 0.346 e. The van der Waals surface area contributed by atoms with Gasteiger partial charge < -0.3 is 5.32 Å². The van der Waals surface area contributed by atoms with E-state index in [1.54, 1.807) is 11.8 Å². The van der Waals surface area contributed by atoms with Crippen molar-refractivity contribution >= 4 is 17.6 Å². The minimum atomic E-state index is -0.420. The summed E-state index contributed by atoms with van der Waals surface area (Å²) in [6, 6.07) is 0.137. The Balaban J connectivity index is 2.93. The van der Waals surface area contributed by atoms with Crippen molar-refractivity contribution in [3.8, 4) is 0 Å². The summed E-state index contributed by atoms with van der Waals surface area (Å²) in [4.78, 5) is 23.2. The first-order valence-electron chi connectivity index (χ1n) is 5.46. The van der Waals surface area contributed by atoms with E-state index in [2.05, 4.69) is 17.3 Å². The highest BCUT2D eigenvalue weighted by Crippen LogP contribution is 2.04. The van der Waals surface area contributed by atoms with Gasteiger partial charge >= 0.3 is 5.69 Å². The molecule has 7 heteroatoms. The van der Waals surface area contributed by atoms with E-state index in [1.807, 2.05) is 6.92 Å². The lowest BCUT2D eigenvalue weighted by Gasteiger charge is -2.14. The van der Waals surface area contributed by atoms with Crippen LogP contribution in [0, 0.1) is 0 Å². The molecule has 1 heterocycles. The molecule has 17 heavy (non-hydrogen) atoms. The van der Waals surface area contributed by atoms with Crippen LogP contribution >= 0.6 is 11.8 Å². The highest BCUT2D eigenvalue weighted by Gasteiger charge is 2.10. The Morgan fingerprint density at radius 3 is 2.65 bits per heavy atom. The number of aryl methyl sites for hydroxylation is 1. The molecule has 0 aliphatic rings. The topological polar surface area (TPSA) is 68.9 Å². The first-order chi connectivity index (χ1) is 7.97. The standard InChI is InChI=1S/C10H18N4O2S/c1-5-17-6-7(2)11-8-9(15)13(3)10(16)14(4)12-8/h7H,5-6H2,1-4H3,(H,11,12). The van der Waals surface area contributed by atoms with Gasteiger partial charge in [-0.3, -0.25) is 9.36 Å². The molecule has 1 unspecified atom stereocenters. The zero-order chi connectivity index (χ0) is 13.0. The SMILES string of the molecule is CCSCC(C)Nc1nn(C)c(=O)n(C)c1=O. The van der Waals surface area contributed by atoms with Gasteiger partial charge in [0.2, 0.25) is 5.82 Å². The number of hydrogen-bond donors (Lipinski definition) is 1. The Morgan fingerprint density at radius 2 is 2.06 bits per heavy atom. The molecular formula is C10H18N4O2S. The first kappa shape index (κ1) is 13.8. The molecule has 0 amide bonds. The number of hydrogen-bond acceptors (Lipinski definition) is 5. The van der Waals surface area contributed by atoms with E-state index in [-0.39, 0.29) is 17.4 Å². The van der Waals surface area contributed by atoms with Crippen LogP contribution < -0.4 is 16.6 Å². The van der Waals surface area contributed by atoms with E-state index in [9.17, 15) is 9.59 Å². The molecule has 1 aromatic heterocycles. The summed E-state index contributed by atoms with van der Waals surface area (Å²) < 4.78 is 2.21. The van der Waals surface area contributed by atoms with Gasteiger partial charge in [0.25, 0.3) is 5.56 Å². The third kappa shape index (κ3) is 3.36. The average Bonchev–Trinajstić information content (AvgIpc) is 2.30.